The molecule has 0 saturated heterocycles. The second-order valence-corrected chi connectivity index (χ2v) is 7.70. The van der Waals surface area contributed by atoms with Gasteiger partial charge < -0.3 is 10.8 Å². The van der Waals surface area contributed by atoms with Gasteiger partial charge in [-0.05, 0) is 43.9 Å². The molecule has 0 spiro atoms. The van der Waals surface area contributed by atoms with Gasteiger partial charge in [-0.3, -0.25) is 0 Å². The molecule has 0 radical (unpaired) electrons. The van der Waals surface area contributed by atoms with E-state index < -0.39 is 15.6 Å². The molecule has 4 N–H and O–H groups in total. The summed E-state index contributed by atoms with van der Waals surface area (Å²) < 4.78 is 26.8. The van der Waals surface area contributed by atoms with Gasteiger partial charge in [-0.1, -0.05) is 19.9 Å². The SMILES string of the molecule is Cc1ccc(S(=O)(=O)NCC(C)(O)CC(C)C)c(N)c1. The molecule has 0 aromatic heterocycles. The molecule has 1 aromatic rings. The third-order valence-electron chi connectivity index (χ3n) is 2.95. The van der Waals surface area contributed by atoms with E-state index in [0.717, 1.165) is 5.56 Å². The van der Waals surface area contributed by atoms with Gasteiger partial charge >= 0.3 is 0 Å². The molecule has 6 heteroatoms. The van der Waals surface area contributed by atoms with Crippen LogP contribution in [-0.4, -0.2) is 25.7 Å². The highest BCUT2D eigenvalue weighted by atomic mass is 32.2. The monoisotopic (exact) mass is 300 g/mol. The number of nitrogens with two attached hydrogens (primary N) is 1. The molecule has 1 atom stereocenters. The maximum Gasteiger partial charge on any atom is 0.242 e. The van der Waals surface area contributed by atoms with Crippen molar-refractivity contribution in [2.24, 2.45) is 5.92 Å². The van der Waals surface area contributed by atoms with Crippen LogP contribution in [0.15, 0.2) is 23.1 Å². The summed E-state index contributed by atoms with van der Waals surface area (Å²) in [4.78, 5) is 0.0449. The van der Waals surface area contributed by atoms with E-state index in [4.69, 9.17) is 5.73 Å². The van der Waals surface area contributed by atoms with Crippen molar-refractivity contribution in [3.8, 4) is 0 Å². The summed E-state index contributed by atoms with van der Waals surface area (Å²) >= 11 is 0. The summed E-state index contributed by atoms with van der Waals surface area (Å²) in [6.45, 7) is 7.37. The molecular formula is C14H24N2O3S. The van der Waals surface area contributed by atoms with E-state index in [-0.39, 0.29) is 23.0 Å². The highest BCUT2D eigenvalue weighted by Crippen LogP contribution is 2.21. The Morgan fingerprint density at radius 1 is 1.40 bits per heavy atom. The van der Waals surface area contributed by atoms with Crippen molar-refractivity contribution in [3.05, 3.63) is 23.8 Å². The number of hydrogen-bond donors (Lipinski definition) is 3. The predicted octanol–water partition coefficient (Wildman–Crippen LogP) is 1.65. The van der Waals surface area contributed by atoms with Crippen LogP contribution in [0.5, 0.6) is 0 Å². The number of rotatable bonds is 6. The van der Waals surface area contributed by atoms with Crippen molar-refractivity contribution >= 4 is 15.7 Å². The Morgan fingerprint density at radius 3 is 2.50 bits per heavy atom. The van der Waals surface area contributed by atoms with Crippen molar-refractivity contribution in [3.63, 3.8) is 0 Å². The van der Waals surface area contributed by atoms with Crippen molar-refractivity contribution in [2.75, 3.05) is 12.3 Å². The number of aliphatic hydroxyl groups is 1. The Bertz CT molecular complexity index is 566. The van der Waals surface area contributed by atoms with Gasteiger partial charge in [0.05, 0.1) is 11.3 Å². The van der Waals surface area contributed by atoms with Crippen LogP contribution in [0.3, 0.4) is 0 Å². The molecule has 0 fully saturated rings. The number of aryl methyl sites for hydroxylation is 1. The Labute approximate surface area is 121 Å². The minimum atomic E-state index is -3.71. The first kappa shape index (κ1) is 16.9. The topological polar surface area (TPSA) is 92.4 Å². The third-order valence-corrected chi connectivity index (χ3v) is 4.42. The molecular weight excluding hydrogens is 276 g/mol. The molecule has 0 heterocycles. The summed E-state index contributed by atoms with van der Waals surface area (Å²) in [5, 5.41) is 10.2. The van der Waals surface area contributed by atoms with Gasteiger partial charge in [0.25, 0.3) is 0 Å². The summed E-state index contributed by atoms with van der Waals surface area (Å²) in [5.41, 5.74) is 5.77. The molecule has 0 saturated carbocycles. The third kappa shape index (κ3) is 4.77. The highest BCUT2D eigenvalue weighted by molar-refractivity contribution is 7.89. The predicted molar refractivity (Wildman–Crippen MR) is 80.9 cm³/mol. The number of sulfonamides is 1. The molecule has 5 nitrogen and oxygen atoms in total. The first-order chi connectivity index (χ1) is 9.03. The van der Waals surface area contributed by atoms with E-state index in [2.05, 4.69) is 4.72 Å². The number of anilines is 1. The summed E-state index contributed by atoms with van der Waals surface area (Å²) in [7, 11) is -3.71. The van der Waals surface area contributed by atoms with Crippen molar-refractivity contribution in [2.45, 2.75) is 44.6 Å². The summed E-state index contributed by atoms with van der Waals surface area (Å²) in [6.07, 6.45) is 0.513. The van der Waals surface area contributed by atoms with E-state index >= 15 is 0 Å². The van der Waals surface area contributed by atoms with Gasteiger partial charge in [-0.2, -0.15) is 0 Å². The minimum absolute atomic E-state index is 0.0408. The maximum atomic E-state index is 12.2. The van der Waals surface area contributed by atoms with Crippen LogP contribution >= 0.6 is 0 Å². The molecule has 20 heavy (non-hydrogen) atoms. The Kier molecular flexibility index (Phi) is 5.18. The first-order valence-electron chi connectivity index (χ1n) is 6.62. The molecule has 0 aliphatic carbocycles. The molecule has 1 unspecified atom stereocenters. The van der Waals surface area contributed by atoms with Crippen molar-refractivity contribution in [1.29, 1.82) is 0 Å². The van der Waals surface area contributed by atoms with Gasteiger partial charge in [-0.15, -0.1) is 0 Å². The van der Waals surface area contributed by atoms with Gasteiger partial charge in [0.2, 0.25) is 10.0 Å². The molecule has 0 aliphatic heterocycles. The van der Waals surface area contributed by atoms with E-state index in [9.17, 15) is 13.5 Å². The normalized spacial score (nSPS) is 15.3. The Balaban J connectivity index is 2.85. The maximum absolute atomic E-state index is 12.2. The van der Waals surface area contributed by atoms with Gasteiger partial charge in [0.1, 0.15) is 4.90 Å². The number of hydrogen-bond acceptors (Lipinski definition) is 4. The molecule has 0 bridgehead atoms. The van der Waals surface area contributed by atoms with E-state index in [1.807, 2.05) is 20.8 Å². The lowest BCUT2D eigenvalue weighted by atomic mass is 9.95. The van der Waals surface area contributed by atoms with Crippen LogP contribution in [0.25, 0.3) is 0 Å². The lowest BCUT2D eigenvalue weighted by molar-refractivity contribution is 0.0437. The van der Waals surface area contributed by atoms with Crippen LogP contribution < -0.4 is 10.5 Å². The standard InChI is InChI=1S/C14H24N2O3S/c1-10(2)8-14(4,17)9-16-20(18,19)13-6-5-11(3)7-12(13)15/h5-7,10,16-17H,8-9,15H2,1-4H3. The molecule has 0 aliphatic rings. The number of nitrogens with one attached hydrogen (secondary N) is 1. The zero-order chi connectivity index (χ0) is 15.6. The number of nitrogen functional groups attached to an aromatic ring is 1. The lowest BCUT2D eigenvalue weighted by Crippen LogP contribution is -2.41. The summed E-state index contributed by atoms with van der Waals surface area (Å²) in [6, 6.07) is 4.78. The quantitative estimate of drug-likeness (QED) is 0.697. The highest BCUT2D eigenvalue weighted by Gasteiger charge is 2.26. The summed E-state index contributed by atoms with van der Waals surface area (Å²) in [5.74, 6) is 0.277. The Hall–Kier alpha value is -1.11. The Morgan fingerprint density at radius 2 is 2.00 bits per heavy atom. The fraction of sp³-hybridized carbons (Fsp3) is 0.571. The second-order valence-electron chi connectivity index (χ2n) is 5.96. The van der Waals surface area contributed by atoms with E-state index in [1.165, 1.54) is 6.07 Å². The molecule has 1 aromatic carbocycles. The van der Waals surface area contributed by atoms with Crippen LogP contribution in [0, 0.1) is 12.8 Å². The average Bonchev–Trinajstić information content (AvgIpc) is 2.24. The second kappa shape index (κ2) is 6.11. The van der Waals surface area contributed by atoms with E-state index in [1.54, 1.807) is 19.1 Å². The molecule has 0 amide bonds. The van der Waals surface area contributed by atoms with Crippen LogP contribution in [0.2, 0.25) is 0 Å². The first-order valence-corrected chi connectivity index (χ1v) is 8.10. The average molecular weight is 300 g/mol. The minimum Gasteiger partial charge on any atom is -0.398 e. The zero-order valence-corrected chi connectivity index (χ0v) is 13.3. The van der Waals surface area contributed by atoms with Gasteiger partial charge in [-0.25, -0.2) is 13.1 Å². The van der Waals surface area contributed by atoms with Crippen molar-refractivity contribution in [1.82, 2.24) is 4.72 Å². The number of benzene rings is 1. The van der Waals surface area contributed by atoms with Gasteiger partial charge in [0, 0.05) is 6.54 Å². The lowest BCUT2D eigenvalue weighted by Gasteiger charge is -2.25. The fourth-order valence-electron chi connectivity index (χ4n) is 2.19. The largest absolute Gasteiger partial charge is 0.398 e. The van der Waals surface area contributed by atoms with Crippen LogP contribution in [-0.2, 0) is 10.0 Å². The molecule has 114 valence electrons. The van der Waals surface area contributed by atoms with E-state index in [0.29, 0.717) is 6.42 Å². The van der Waals surface area contributed by atoms with Crippen LogP contribution in [0.4, 0.5) is 5.69 Å². The van der Waals surface area contributed by atoms with Gasteiger partial charge in [0.15, 0.2) is 0 Å². The smallest absolute Gasteiger partial charge is 0.242 e. The molecule has 1 rings (SSSR count). The van der Waals surface area contributed by atoms with Crippen LogP contribution in [0.1, 0.15) is 32.8 Å². The fourth-order valence-corrected chi connectivity index (χ4v) is 3.47. The van der Waals surface area contributed by atoms with Crippen molar-refractivity contribution < 1.29 is 13.5 Å². The zero-order valence-electron chi connectivity index (χ0n) is 12.5.